The van der Waals surface area contributed by atoms with Crippen LogP contribution >= 0.6 is 11.6 Å². The van der Waals surface area contributed by atoms with E-state index in [4.69, 9.17) is 16.3 Å². The van der Waals surface area contributed by atoms with Crippen LogP contribution in [0.1, 0.15) is 20.3 Å². The highest BCUT2D eigenvalue weighted by molar-refractivity contribution is 6.32. The predicted molar refractivity (Wildman–Crippen MR) is 88.1 cm³/mol. The summed E-state index contributed by atoms with van der Waals surface area (Å²) in [6.07, 6.45) is 0.591. The molecule has 1 aromatic carbocycles. The van der Waals surface area contributed by atoms with Crippen molar-refractivity contribution in [1.82, 2.24) is 4.90 Å². The van der Waals surface area contributed by atoms with Gasteiger partial charge in [0, 0.05) is 18.8 Å². The topological polar surface area (TPSA) is 78.9 Å². The lowest BCUT2D eigenvalue weighted by atomic mass is 9.91. The first-order valence-electron chi connectivity index (χ1n) is 7.61. The molecule has 2 amide bonds. The number of nitrogens with one attached hydrogen (secondary N) is 1. The van der Waals surface area contributed by atoms with Crippen LogP contribution in [0.15, 0.2) is 18.2 Å². The number of carbonyl (C=O) groups is 2. The van der Waals surface area contributed by atoms with E-state index < -0.39 is 11.9 Å². The minimum atomic E-state index is -0.863. The Balaban J connectivity index is 2.03. The van der Waals surface area contributed by atoms with E-state index in [2.05, 4.69) is 5.32 Å². The second-order valence-corrected chi connectivity index (χ2v) is 6.20. The average Bonchev–Trinajstić information content (AvgIpc) is 2.49. The van der Waals surface area contributed by atoms with Gasteiger partial charge in [-0.1, -0.05) is 18.5 Å². The van der Waals surface area contributed by atoms with Gasteiger partial charge in [-0.15, -0.1) is 0 Å². The molecule has 1 aliphatic rings. The smallest absolute Gasteiger partial charge is 0.321 e. The van der Waals surface area contributed by atoms with E-state index in [0.717, 1.165) is 0 Å². The molecule has 1 aliphatic heterocycles. The van der Waals surface area contributed by atoms with Gasteiger partial charge in [-0.25, -0.2) is 4.79 Å². The average molecular weight is 341 g/mol. The zero-order valence-corrected chi connectivity index (χ0v) is 14.0. The van der Waals surface area contributed by atoms with Crippen molar-refractivity contribution in [2.75, 3.05) is 25.0 Å². The third kappa shape index (κ3) is 4.51. The number of hydrogen-bond donors (Lipinski definition) is 2. The van der Waals surface area contributed by atoms with Crippen LogP contribution in [-0.2, 0) is 4.79 Å². The summed E-state index contributed by atoms with van der Waals surface area (Å²) in [4.78, 5) is 25.1. The Kier molecular flexibility index (Phi) is 5.71. The molecule has 2 N–H and O–H groups in total. The number of aliphatic carboxylic acids is 1. The lowest BCUT2D eigenvalue weighted by Gasteiger charge is -2.34. The van der Waals surface area contributed by atoms with Crippen molar-refractivity contribution in [2.24, 2.45) is 11.8 Å². The molecule has 0 aliphatic carbocycles. The van der Waals surface area contributed by atoms with Gasteiger partial charge in [0.25, 0.3) is 0 Å². The van der Waals surface area contributed by atoms with Crippen molar-refractivity contribution in [1.29, 1.82) is 0 Å². The number of carboxylic acids is 1. The lowest BCUT2D eigenvalue weighted by molar-refractivity contribution is -0.143. The molecular weight excluding hydrogens is 320 g/mol. The van der Waals surface area contributed by atoms with Gasteiger partial charge in [0.05, 0.1) is 17.5 Å². The van der Waals surface area contributed by atoms with E-state index in [1.54, 1.807) is 18.2 Å². The molecule has 0 spiro atoms. The van der Waals surface area contributed by atoms with E-state index >= 15 is 0 Å². The minimum absolute atomic E-state index is 0.152. The van der Waals surface area contributed by atoms with E-state index in [0.29, 0.717) is 36.0 Å². The molecule has 0 saturated carbocycles. The number of likely N-dealkylation sites (tertiary alicyclic amines) is 1. The van der Waals surface area contributed by atoms with Gasteiger partial charge in [-0.3, -0.25) is 4.79 Å². The van der Waals surface area contributed by atoms with Crippen molar-refractivity contribution in [3.8, 4) is 5.75 Å². The third-order valence-electron chi connectivity index (χ3n) is 3.78. The lowest BCUT2D eigenvalue weighted by Crippen LogP contribution is -2.47. The van der Waals surface area contributed by atoms with Gasteiger partial charge >= 0.3 is 12.0 Å². The van der Waals surface area contributed by atoms with Gasteiger partial charge in [0.15, 0.2) is 0 Å². The minimum Gasteiger partial charge on any atom is -0.492 e. The van der Waals surface area contributed by atoms with Gasteiger partial charge < -0.3 is 20.1 Å². The molecule has 7 heteroatoms. The molecule has 1 aromatic rings. The number of anilines is 1. The Hall–Kier alpha value is -1.95. The van der Waals surface area contributed by atoms with Crippen LogP contribution < -0.4 is 10.1 Å². The first kappa shape index (κ1) is 17.4. The quantitative estimate of drug-likeness (QED) is 0.881. The molecule has 126 valence electrons. The fourth-order valence-electron chi connectivity index (χ4n) is 2.75. The molecule has 1 heterocycles. The first-order chi connectivity index (χ1) is 10.9. The normalized spacial score (nSPS) is 20.9. The van der Waals surface area contributed by atoms with Crippen molar-refractivity contribution < 1.29 is 19.4 Å². The highest BCUT2D eigenvalue weighted by atomic mass is 35.5. The molecule has 0 bridgehead atoms. The summed E-state index contributed by atoms with van der Waals surface area (Å²) in [7, 11) is 0. The van der Waals surface area contributed by atoms with E-state index in [1.807, 2.05) is 13.8 Å². The standard InChI is InChI=1S/C16H21ClN2O4/c1-3-23-14-5-4-12(7-13(14)17)18-16(22)19-8-10(2)6-11(9-19)15(20)21/h4-5,7,10-11H,3,6,8-9H2,1-2H3,(H,18,22)(H,20,21). The third-order valence-corrected chi connectivity index (χ3v) is 4.07. The van der Waals surface area contributed by atoms with Crippen LogP contribution in [0.25, 0.3) is 0 Å². The number of urea groups is 1. The number of halogens is 1. The van der Waals surface area contributed by atoms with Crippen LogP contribution in [0.4, 0.5) is 10.5 Å². The highest BCUT2D eigenvalue weighted by Crippen LogP contribution is 2.28. The first-order valence-corrected chi connectivity index (χ1v) is 7.99. The number of hydrogen-bond acceptors (Lipinski definition) is 3. The largest absolute Gasteiger partial charge is 0.492 e. The van der Waals surface area contributed by atoms with Crippen molar-refractivity contribution in [2.45, 2.75) is 20.3 Å². The van der Waals surface area contributed by atoms with E-state index in [9.17, 15) is 14.7 Å². The summed E-state index contributed by atoms with van der Waals surface area (Å²) < 4.78 is 5.35. The van der Waals surface area contributed by atoms with Gasteiger partial charge in [0.1, 0.15) is 5.75 Å². The maximum Gasteiger partial charge on any atom is 0.321 e. The highest BCUT2D eigenvalue weighted by Gasteiger charge is 2.31. The number of nitrogens with zero attached hydrogens (tertiary/aromatic N) is 1. The van der Waals surface area contributed by atoms with Crippen LogP contribution in [0, 0.1) is 11.8 Å². The molecule has 2 rings (SSSR count). The van der Waals surface area contributed by atoms with Crippen LogP contribution in [0.2, 0.25) is 5.02 Å². The molecule has 2 unspecified atom stereocenters. The summed E-state index contributed by atoms with van der Waals surface area (Å²) in [5.74, 6) is -0.670. The van der Waals surface area contributed by atoms with Crippen LogP contribution in [0.3, 0.4) is 0 Å². The molecule has 6 nitrogen and oxygen atoms in total. The van der Waals surface area contributed by atoms with Crippen LogP contribution in [-0.4, -0.2) is 41.7 Å². The molecule has 23 heavy (non-hydrogen) atoms. The Morgan fingerprint density at radius 1 is 1.43 bits per heavy atom. The van der Waals surface area contributed by atoms with E-state index in [-0.39, 0.29) is 18.5 Å². The van der Waals surface area contributed by atoms with Crippen molar-refractivity contribution >= 4 is 29.3 Å². The van der Waals surface area contributed by atoms with Gasteiger partial charge in [0.2, 0.25) is 0 Å². The Labute approximate surface area is 140 Å². The molecule has 2 atom stereocenters. The zero-order chi connectivity index (χ0) is 17.0. The SMILES string of the molecule is CCOc1ccc(NC(=O)N2CC(C)CC(C(=O)O)C2)cc1Cl. The number of amides is 2. The second-order valence-electron chi connectivity index (χ2n) is 5.79. The summed E-state index contributed by atoms with van der Waals surface area (Å²) in [5.41, 5.74) is 0.550. The Bertz CT molecular complexity index is 593. The zero-order valence-electron chi connectivity index (χ0n) is 13.2. The van der Waals surface area contributed by atoms with E-state index in [1.165, 1.54) is 4.90 Å². The van der Waals surface area contributed by atoms with Crippen molar-refractivity contribution in [3.63, 3.8) is 0 Å². The molecule has 1 saturated heterocycles. The number of piperidine rings is 1. The van der Waals surface area contributed by atoms with Gasteiger partial charge in [-0.05, 0) is 37.5 Å². The van der Waals surface area contributed by atoms with Crippen LogP contribution in [0.5, 0.6) is 5.75 Å². The molecule has 0 aromatic heterocycles. The summed E-state index contributed by atoms with van der Waals surface area (Å²) >= 11 is 6.10. The number of rotatable bonds is 4. The fraction of sp³-hybridized carbons (Fsp3) is 0.500. The Morgan fingerprint density at radius 3 is 2.78 bits per heavy atom. The summed E-state index contributed by atoms with van der Waals surface area (Å²) in [6, 6.07) is 4.70. The number of carboxylic acid groups (broad SMARTS) is 1. The number of ether oxygens (including phenoxy) is 1. The summed E-state index contributed by atoms with van der Waals surface area (Å²) in [6.45, 7) is 5.08. The molecule has 0 radical (unpaired) electrons. The monoisotopic (exact) mass is 340 g/mol. The fourth-order valence-corrected chi connectivity index (χ4v) is 2.99. The van der Waals surface area contributed by atoms with Gasteiger partial charge in [-0.2, -0.15) is 0 Å². The number of benzene rings is 1. The summed E-state index contributed by atoms with van der Waals surface area (Å²) in [5, 5.41) is 12.3. The predicted octanol–water partition coefficient (Wildman–Crippen LogP) is 3.31. The maximum absolute atomic E-state index is 12.4. The second kappa shape index (κ2) is 7.55. The molecular formula is C16H21ClN2O4. The van der Waals surface area contributed by atoms with Crippen molar-refractivity contribution in [3.05, 3.63) is 23.2 Å². The number of carbonyl (C=O) groups excluding carboxylic acids is 1. The Morgan fingerprint density at radius 2 is 2.17 bits per heavy atom. The maximum atomic E-state index is 12.4. The molecule has 1 fully saturated rings.